The summed E-state index contributed by atoms with van der Waals surface area (Å²) in [5.74, 6) is 0. The number of nitrogens with one attached hydrogen (secondary N) is 3. The lowest BCUT2D eigenvalue weighted by atomic mass is 10.0. The van der Waals surface area contributed by atoms with Crippen LogP contribution in [-0.4, -0.2) is 17.6 Å². The third-order valence-corrected chi connectivity index (χ3v) is 5.15. The molecule has 8 heteroatoms. The summed E-state index contributed by atoms with van der Waals surface area (Å²) in [4.78, 5) is 25.9. The first-order chi connectivity index (χ1) is 15.3. The zero-order valence-corrected chi connectivity index (χ0v) is 17.8. The van der Waals surface area contributed by atoms with Gasteiger partial charge >= 0.3 is 12.2 Å². The van der Waals surface area contributed by atoms with Gasteiger partial charge in [-0.3, -0.25) is 4.79 Å². The van der Waals surface area contributed by atoms with Gasteiger partial charge in [-0.25, -0.2) is 4.79 Å². The minimum Gasteiger partial charge on any atom is -0.338 e. The summed E-state index contributed by atoms with van der Waals surface area (Å²) in [7, 11) is 0. The highest BCUT2D eigenvalue weighted by molar-refractivity contribution is 5.89. The largest absolute Gasteiger partial charge is 0.417 e. The van der Waals surface area contributed by atoms with Gasteiger partial charge in [0.1, 0.15) is 0 Å². The number of halogens is 3. The summed E-state index contributed by atoms with van der Waals surface area (Å²) in [5, 5.41) is 5.55. The highest BCUT2D eigenvalue weighted by atomic mass is 19.4. The first-order valence-corrected chi connectivity index (χ1v) is 10.6. The van der Waals surface area contributed by atoms with E-state index >= 15 is 0 Å². The number of carbonyl (C=O) groups excluding carboxylic acids is 1. The minimum absolute atomic E-state index is 0.0384. The Morgan fingerprint density at radius 2 is 1.69 bits per heavy atom. The molecule has 3 rings (SSSR count). The number of anilines is 1. The first kappa shape index (κ1) is 23.4. The van der Waals surface area contributed by atoms with Crippen LogP contribution in [0.3, 0.4) is 0 Å². The molecular formula is C24H26F3N3O2. The van der Waals surface area contributed by atoms with Crippen molar-refractivity contribution in [3.05, 3.63) is 75.6 Å². The van der Waals surface area contributed by atoms with Crippen LogP contribution < -0.4 is 16.2 Å². The zero-order valence-electron chi connectivity index (χ0n) is 17.8. The van der Waals surface area contributed by atoms with Crippen molar-refractivity contribution < 1.29 is 18.0 Å². The van der Waals surface area contributed by atoms with Gasteiger partial charge in [-0.05, 0) is 48.2 Å². The third-order valence-electron chi connectivity index (χ3n) is 5.15. The van der Waals surface area contributed by atoms with Gasteiger partial charge in [0.05, 0.1) is 5.56 Å². The molecule has 0 fully saturated rings. The predicted octanol–water partition coefficient (Wildman–Crippen LogP) is 5.84. The summed E-state index contributed by atoms with van der Waals surface area (Å²) >= 11 is 0. The predicted molar refractivity (Wildman–Crippen MR) is 120 cm³/mol. The second kappa shape index (κ2) is 10.3. The van der Waals surface area contributed by atoms with Crippen molar-refractivity contribution in [2.45, 2.75) is 45.2 Å². The number of fused-ring (bicyclic) bond motifs is 1. The van der Waals surface area contributed by atoms with Crippen LogP contribution >= 0.6 is 0 Å². The quantitative estimate of drug-likeness (QED) is 0.381. The van der Waals surface area contributed by atoms with E-state index in [-0.39, 0.29) is 16.9 Å². The van der Waals surface area contributed by atoms with E-state index in [2.05, 4.69) is 22.5 Å². The highest BCUT2D eigenvalue weighted by Gasteiger charge is 2.33. The van der Waals surface area contributed by atoms with Crippen molar-refractivity contribution in [2.24, 2.45) is 0 Å². The van der Waals surface area contributed by atoms with Crippen LogP contribution in [0, 0.1) is 0 Å². The molecule has 32 heavy (non-hydrogen) atoms. The van der Waals surface area contributed by atoms with Crippen molar-refractivity contribution in [2.75, 3.05) is 11.9 Å². The number of carbonyl (C=O) groups is 1. The molecule has 170 valence electrons. The van der Waals surface area contributed by atoms with E-state index in [4.69, 9.17) is 0 Å². The van der Waals surface area contributed by atoms with Crippen molar-refractivity contribution in [1.29, 1.82) is 0 Å². The van der Waals surface area contributed by atoms with Gasteiger partial charge in [-0.2, -0.15) is 13.2 Å². The lowest BCUT2D eigenvalue weighted by Gasteiger charge is -2.12. The summed E-state index contributed by atoms with van der Waals surface area (Å²) in [6, 6.07) is 12.1. The summed E-state index contributed by atoms with van der Waals surface area (Å²) < 4.78 is 40.0. The number of urea groups is 1. The number of aromatic amines is 1. The van der Waals surface area contributed by atoms with Gasteiger partial charge in [-0.1, -0.05) is 44.4 Å². The maximum absolute atomic E-state index is 13.3. The topological polar surface area (TPSA) is 74.0 Å². The molecule has 5 nitrogen and oxygen atoms in total. The van der Waals surface area contributed by atoms with Crippen LogP contribution in [0.2, 0.25) is 0 Å². The number of pyridine rings is 1. The molecular weight excluding hydrogens is 419 g/mol. The van der Waals surface area contributed by atoms with Gasteiger partial charge in [0.25, 0.3) is 0 Å². The van der Waals surface area contributed by atoms with E-state index < -0.39 is 17.3 Å². The van der Waals surface area contributed by atoms with Gasteiger partial charge in [0.2, 0.25) is 5.56 Å². The number of hydrogen-bond donors (Lipinski definition) is 3. The van der Waals surface area contributed by atoms with Gasteiger partial charge < -0.3 is 15.6 Å². The lowest BCUT2D eigenvalue weighted by molar-refractivity contribution is -0.136. The molecule has 0 unspecified atom stereocenters. The van der Waals surface area contributed by atoms with Crippen molar-refractivity contribution in [1.82, 2.24) is 10.3 Å². The van der Waals surface area contributed by atoms with E-state index in [1.54, 1.807) is 18.2 Å². The Morgan fingerprint density at radius 3 is 2.38 bits per heavy atom. The van der Waals surface area contributed by atoms with Crippen LogP contribution in [0.25, 0.3) is 10.9 Å². The van der Waals surface area contributed by atoms with Gasteiger partial charge in [0, 0.05) is 29.2 Å². The van der Waals surface area contributed by atoms with Gasteiger partial charge in [0.15, 0.2) is 0 Å². The molecule has 0 aliphatic rings. The number of amides is 2. The molecule has 0 bridgehead atoms. The Hall–Kier alpha value is -3.29. The second-order valence-corrected chi connectivity index (χ2v) is 7.74. The van der Waals surface area contributed by atoms with Crippen LogP contribution in [0.1, 0.15) is 49.3 Å². The van der Waals surface area contributed by atoms with E-state index in [1.165, 1.54) is 12.1 Å². The Kier molecular flexibility index (Phi) is 7.56. The average Bonchev–Trinajstić information content (AvgIpc) is 2.74. The molecule has 3 N–H and O–H groups in total. The van der Waals surface area contributed by atoms with Crippen LogP contribution in [0.5, 0.6) is 0 Å². The molecule has 0 aliphatic heterocycles. The normalized spacial score (nSPS) is 11.5. The summed E-state index contributed by atoms with van der Waals surface area (Å²) in [6.07, 6.45) is 0.111. The number of H-pyrrole nitrogens is 1. The SMILES string of the molecule is CCCCCCNC(=O)Nc1ccc(Cc2ccc3[nH]c(=O)cc(C(F)(F)F)c3c2)cc1. The number of alkyl halides is 3. The fourth-order valence-corrected chi connectivity index (χ4v) is 3.52. The van der Waals surface area contributed by atoms with Crippen LogP contribution in [-0.2, 0) is 12.6 Å². The summed E-state index contributed by atoms with van der Waals surface area (Å²) in [5.41, 5.74) is 0.613. The smallest absolute Gasteiger partial charge is 0.338 e. The fourth-order valence-electron chi connectivity index (χ4n) is 3.52. The Morgan fingerprint density at radius 1 is 0.969 bits per heavy atom. The summed E-state index contributed by atoms with van der Waals surface area (Å²) in [6.45, 7) is 2.75. The maximum Gasteiger partial charge on any atom is 0.417 e. The van der Waals surface area contributed by atoms with Crippen molar-refractivity contribution >= 4 is 22.6 Å². The Bertz CT molecular complexity index is 1120. The van der Waals surface area contributed by atoms with Crippen LogP contribution in [0.4, 0.5) is 23.7 Å². The van der Waals surface area contributed by atoms with E-state index in [9.17, 15) is 22.8 Å². The third kappa shape index (κ3) is 6.35. The van der Waals surface area contributed by atoms with Crippen molar-refractivity contribution in [3.8, 4) is 0 Å². The molecule has 2 aromatic carbocycles. The molecule has 2 amide bonds. The molecule has 0 atom stereocenters. The van der Waals surface area contributed by atoms with E-state index in [1.807, 2.05) is 12.1 Å². The maximum atomic E-state index is 13.3. The Labute approximate surface area is 184 Å². The molecule has 3 aromatic rings. The van der Waals surface area contributed by atoms with E-state index in [0.29, 0.717) is 30.3 Å². The highest BCUT2D eigenvalue weighted by Crippen LogP contribution is 2.33. The lowest BCUT2D eigenvalue weighted by Crippen LogP contribution is -2.29. The number of benzene rings is 2. The fraction of sp³-hybridized carbons (Fsp3) is 0.333. The molecule has 0 saturated carbocycles. The molecule has 0 saturated heterocycles. The average molecular weight is 445 g/mol. The molecule has 1 aromatic heterocycles. The zero-order chi connectivity index (χ0) is 23.1. The first-order valence-electron chi connectivity index (χ1n) is 10.6. The number of aromatic nitrogens is 1. The molecule has 1 heterocycles. The van der Waals surface area contributed by atoms with Gasteiger partial charge in [-0.15, -0.1) is 0 Å². The number of hydrogen-bond acceptors (Lipinski definition) is 2. The minimum atomic E-state index is -4.62. The number of unbranched alkanes of at least 4 members (excludes halogenated alkanes) is 3. The molecule has 0 radical (unpaired) electrons. The molecule has 0 aliphatic carbocycles. The monoisotopic (exact) mass is 445 g/mol. The Balaban J connectivity index is 1.66. The number of rotatable bonds is 8. The van der Waals surface area contributed by atoms with E-state index in [0.717, 1.165) is 31.2 Å². The second-order valence-electron chi connectivity index (χ2n) is 7.74. The standard InChI is InChI=1S/C24H26F3N3O2/c1-2-3-4-5-12-28-23(32)29-18-9-6-16(7-10-18)13-17-8-11-21-19(14-17)20(24(25,26)27)15-22(31)30-21/h6-11,14-15H,2-5,12-13H2,1H3,(H,30,31)(H2,28,29,32). The van der Waals surface area contributed by atoms with Crippen LogP contribution in [0.15, 0.2) is 53.3 Å². The molecule has 0 spiro atoms. The van der Waals surface area contributed by atoms with Crippen molar-refractivity contribution in [3.63, 3.8) is 0 Å².